The van der Waals surface area contributed by atoms with Crippen molar-refractivity contribution in [2.45, 2.75) is 13.8 Å². The van der Waals surface area contributed by atoms with Crippen molar-refractivity contribution in [3.63, 3.8) is 0 Å². The molecule has 0 N–H and O–H groups in total. The van der Waals surface area contributed by atoms with Crippen molar-refractivity contribution in [3.05, 3.63) is 112 Å². The van der Waals surface area contributed by atoms with Gasteiger partial charge in [0, 0.05) is 0 Å². The lowest BCUT2D eigenvalue weighted by molar-refractivity contribution is 0.0728. The zero-order chi connectivity index (χ0) is 25.8. The van der Waals surface area contributed by atoms with E-state index in [9.17, 15) is 9.59 Å². The zero-order valence-electron chi connectivity index (χ0n) is 20.3. The Labute approximate surface area is 212 Å². The third kappa shape index (κ3) is 5.04. The van der Waals surface area contributed by atoms with Crippen LogP contribution in [0.15, 0.2) is 99.4 Å². The highest BCUT2D eigenvalue weighted by Gasteiger charge is 2.15. The summed E-state index contributed by atoms with van der Waals surface area (Å²) in [5.41, 5.74) is 2.33. The number of hydrogen-bond donors (Lipinski definition) is 0. The van der Waals surface area contributed by atoms with Crippen molar-refractivity contribution < 1.29 is 18.7 Å². The van der Waals surface area contributed by atoms with Gasteiger partial charge in [0.15, 0.2) is 17.3 Å². The molecule has 0 aliphatic carbocycles. The number of esters is 1. The maximum Gasteiger partial charge on any atom is 0.343 e. The second-order valence-corrected chi connectivity index (χ2v) is 8.19. The van der Waals surface area contributed by atoms with Gasteiger partial charge < -0.3 is 13.9 Å². The molecule has 0 bridgehead atoms. The molecule has 0 fully saturated rings. The minimum Gasteiger partial charge on any atom is -0.490 e. The SMILES string of the molecule is CCOc1cc(C=Nn2c(-c3ccco3)nc3ccccc3c2=O)ccc1OC(=O)c1ccc(C)cc1. The van der Waals surface area contributed by atoms with Gasteiger partial charge in [-0.1, -0.05) is 29.8 Å². The van der Waals surface area contributed by atoms with Crippen LogP contribution in [-0.4, -0.2) is 28.5 Å². The summed E-state index contributed by atoms with van der Waals surface area (Å²) in [4.78, 5) is 30.5. The van der Waals surface area contributed by atoms with Crippen LogP contribution in [0.25, 0.3) is 22.5 Å². The first-order chi connectivity index (χ1) is 18.0. The number of carbonyl (C=O) groups is 1. The highest BCUT2D eigenvalue weighted by molar-refractivity contribution is 5.91. The average molecular weight is 494 g/mol. The van der Waals surface area contributed by atoms with Gasteiger partial charge in [-0.25, -0.2) is 9.78 Å². The van der Waals surface area contributed by atoms with Crippen molar-refractivity contribution in [2.24, 2.45) is 5.10 Å². The first-order valence-electron chi connectivity index (χ1n) is 11.7. The van der Waals surface area contributed by atoms with Crippen molar-refractivity contribution in [3.8, 4) is 23.1 Å². The number of nitrogens with zero attached hydrogens (tertiary/aromatic N) is 3. The fourth-order valence-corrected chi connectivity index (χ4v) is 3.73. The van der Waals surface area contributed by atoms with E-state index in [0.717, 1.165) is 5.56 Å². The summed E-state index contributed by atoms with van der Waals surface area (Å²) in [6, 6.07) is 22.7. The fourth-order valence-electron chi connectivity index (χ4n) is 3.73. The molecule has 0 spiro atoms. The van der Waals surface area contributed by atoms with Crippen LogP contribution in [0, 0.1) is 6.92 Å². The van der Waals surface area contributed by atoms with Crippen molar-refractivity contribution in [2.75, 3.05) is 6.61 Å². The van der Waals surface area contributed by atoms with Gasteiger partial charge in [0.1, 0.15) is 0 Å². The molecule has 0 atom stereocenters. The van der Waals surface area contributed by atoms with Crippen LogP contribution in [-0.2, 0) is 0 Å². The molecule has 0 saturated heterocycles. The van der Waals surface area contributed by atoms with E-state index in [0.29, 0.717) is 40.1 Å². The normalized spacial score (nSPS) is 11.2. The smallest absolute Gasteiger partial charge is 0.343 e. The van der Waals surface area contributed by atoms with Crippen molar-refractivity contribution in [1.82, 2.24) is 9.66 Å². The predicted molar refractivity (Wildman–Crippen MR) is 140 cm³/mol. The van der Waals surface area contributed by atoms with E-state index in [1.165, 1.54) is 17.2 Å². The molecule has 8 nitrogen and oxygen atoms in total. The van der Waals surface area contributed by atoms with Gasteiger partial charge in [-0.15, -0.1) is 0 Å². The number of aryl methyl sites for hydroxylation is 1. The lowest BCUT2D eigenvalue weighted by Gasteiger charge is -2.12. The number of aromatic nitrogens is 2. The highest BCUT2D eigenvalue weighted by Crippen LogP contribution is 2.29. The fraction of sp³-hybridized carbons (Fsp3) is 0.103. The van der Waals surface area contributed by atoms with Crippen LogP contribution in [0.2, 0.25) is 0 Å². The number of ether oxygens (including phenoxy) is 2. The molecule has 0 aliphatic heterocycles. The molecule has 2 heterocycles. The molecular formula is C29H23N3O5. The molecule has 5 aromatic rings. The summed E-state index contributed by atoms with van der Waals surface area (Å²) in [6.45, 7) is 4.15. The lowest BCUT2D eigenvalue weighted by atomic mass is 10.1. The Morgan fingerprint density at radius 3 is 2.59 bits per heavy atom. The summed E-state index contributed by atoms with van der Waals surface area (Å²) in [5.74, 6) is 0.860. The van der Waals surface area contributed by atoms with Gasteiger partial charge in [-0.2, -0.15) is 9.78 Å². The van der Waals surface area contributed by atoms with Gasteiger partial charge in [0.05, 0.1) is 35.6 Å². The summed E-state index contributed by atoms with van der Waals surface area (Å²) >= 11 is 0. The minimum atomic E-state index is -0.487. The van der Waals surface area contributed by atoms with Gasteiger partial charge in [0.2, 0.25) is 5.82 Å². The van der Waals surface area contributed by atoms with Gasteiger partial charge in [-0.3, -0.25) is 4.79 Å². The molecule has 0 saturated carbocycles. The number of carbonyl (C=O) groups excluding carboxylic acids is 1. The molecule has 8 heteroatoms. The molecule has 184 valence electrons. The average Bonchev–Trinajstić information content (AvgIpc) is 3.45. The van der Waals surface area contributed by atoms with E-state index < -0.39 is 5.97 Å². The number of rotatable bonds is 7. The minimum absolute atomic E-state index is 0.277. The summed E-state index contributed by atoms with van der Waals surface area (Å²) in [5, 5.41) is 4.86. The molecule has 0 unspecified atom stereocenters. The van der Waals surface area contributed by atoms with E-state index in [4.69, 9.17) is 13.9 Å². The van der Waals surface area contributed by atoms with Crippen LogP contribution in [0.1, 0.15) is 28.4 Å². The van der Waals surface area contributed by atoms with Gasteiger partial charge in [0.25, 0.3) is 5.56 Å². The maximum atomic E-state index is 13.3. The van der Waals surface area contributed by atoms with Crippen molar-refractivity contribution >= 4 is 23.1 Å². The van der Waals surface area contributed by atoms with Gasteiger partial charge >= 0.3 is 5.97 Å². The monoisotopic (exact) mass is 493 g/mol. The largest absolute Gasteiger partial charge is 0.490 e. The second-order valence-electron chi connectivity index (χ2n) is 8.19. The van der Waals surface area contributed by atoms with E-state index in [-0.39, 0.29) is 17.1 Å². The van der Waals surface area contributed by atoms with E-state index in [1.807, 2.05) is 32.0 Å². The molecule has 2 aromatic heterocycles. The number of furan rings is 1. The number of para-hydroxylation sites is 1. The molecule has 37 heavy (non-hydrogen) atoms. The Morgan fingerprint density at radius 2 is 1.84 bits per heavy atom. The van der Waals surface area contributed by atoms with Gasteiger partial charge in [-0.05, 0) is 74.0 Å². The molecule has 0 aliphatic rings. The Hall–Kier alpha value is -4.98. The van der Waals surface area contributed by atoms with Crippen LogP contribution in [0.4, 0.5) is 0 Å². The third-order valence-electron chi connectivity index (χ3n) is 5.58. The quantitative estimate of drug-likeness (QED) is 0.170. The van der Waals surface area contributed by atoms with E-state index in [1.54, 1.807) is 60.7 Å². The van der Waals surface area contributed by atoms with Crippen LogP contribution >= 0.6 is 0 Å². The molecule has 3 aromatic carbocycles. The highest BCUT2D eigenvalue weighted by atomic mass is 16.6. The van der Waals surface area contributed by atoms with Crippen LogP contribution in [0.5, 0.6) is 11.5 Å². The summed E-state index contributed by atoms with van der Waals surface area (Å²) < 4.78 is 18.0. The first-order valence-corrected chi connectivity index (χ1v) is 11.7. The Kier molecular flexibility index (Phi) is 6.63. The molecule has 0 amide bonds. The lowest BCUT2D eigenvalue weighted by Crippen LogP contribution is -2.20. The zero-order valence-corrected chi connectivity index (χ0v) is 20.3. The number of benzene rings is 3. The molecular weight excluding hydrogens is 470 g/mol. The topological polar surface area (TPSA) is 95.9 Å². The number of fused-ring (bicyclic) bond motifs is 1. The summed E-state index contributed by atoms with van der Waals surface area (Å²) in [6.07, 6.45) is 3.02. The maximum absolute atomic E-state index is 13.3. The Bertz CT molecular complexity index is 1650. The Balaban J connectivity index is 1.49. The molecule has 5 rings (SSSR count). The van der Waals surface area contributed by atoms with E-state index >= 15 is 0 Å². The van der Waals surface area contributed by atoms with Crippen LogP contribution < -0.4 is 15.0 Å². The Morgan fingerprint density at radius 1 is 1.03 bits per heavy atom. The standard InChI is InChI=1S/C29H23N3O5/c1-3-35-26-17-20(12-15-24(26)37-29(34)21-13-10-19(2)11-14-21)18-30-32-27(25-9-6-16-36-25)31-23-8-5-4-7-22(23)28(32)33/h4-18H,3H2,1-2H3. The second kappa shape index (κ2) is 10.3. The van der Waals surface area contributed by atoms with E-state index in [2.05, 4.69) is 10.1 Å². The number of hydrogen-bond acceptors (Lipinski definition) is 7. The first kappa shape index (κ1) is 23.7. The third-order valence-corrected chi connectivity index (χ3v) is 5.58. The predicted octanol–water partition coefficient (Wildman–Crippen LogP) is 5.47. The van der Waals surface area contributed by atoms with Crippen LogP contribution in [0.3, 0.4) is 0 Å². The van der Waals surface area contributed by atoms with Crippen molar-refractivity contribution in [1.29, 1.82) is 0 Å². The molecule has 0 radical (unpaired) electrons. The summed E-state index contributed by atoms with van der Waals surface area (Å²) in [7, 11) is 0.